The first-order chi connectivity index (χ1) is 6.03. The van der Waals surface area contributed by atoms with E-state index in [0.29, 0.717) is 0 Å². The van der Waals surface area contributed by atoms with E-state index in [1.807, 2.05) is 18.2 Å². The molecule has 0 nitrogen and oxygen atoms in total. The van der Waals surface area contributed by atoms with E-state index in [4.69, 9.17) is 11.6 Å². The number of rotatable bonds is 3. The van der Waals surface area contributed by atoms with Gasteiger partial charge in [0, 0.05) is 5.02 Å². The van der Waals surface area contributed by atoms with Crippen molar-refractivity contribution in [2.24, 2.45) is 5.41 Å². The Hall–Kier alpha value is -0.750. The number of halogens is 1. The Bertz CT molecular complexity index is 282. The lowest BCUT2D eigenvalue weighted by Crippen LogP contribution is -2.10. The molecule has 0 atom stereocenters. The predicted molar refractivity (Wildman–Crippen MR) is 59.1 cm³/mol. The fraction of sp³-hybridized carbons (Fsp3) is 0.333. The van der Waals surface area contributed by atoms with Crippen molar-refractivity contribution < 1.29 is 0 Å². The van der Waals surface area contributed by atoms with Crippen molar-refractivity contribution in [1.29, 1.82) is 0 Å². The Morgan fingerprint density at radius 2 is 1.85 bits per heavy atom. The van der Waals surface area contributed by atoms with Crippen LogP contribution >= 0.6 is 11.6 Å². The average molecular weight is 195 g/mol. The molecule has 0 fully saturated rings. The molecule has 0 N–H and O–H groups in total. The van der Waals surface area contributed by atoms with Crippen LogP contribution in [-0.4, -0.2) is 0 Å². The van der Waals surface area contributed by atoms with Gasteiger partial charge in [-0.3, -0.25) is 0 Å². The summed E-state index contributed by atoms with van der Waals surface area (Å²) in [5, 5.41) is 0.792. The fourth-order valence-corrected chi connectivity index (χ4v) is 1.33. The van der Waals surface area contributed by atoms with Gasteiger partial charge in [0.1, 0.15) is 0 Å². The highest BCUT2D eigenvalue weighted by atomic mass is 35.5. The third kappa shape index (κ3) is 3.23. The van der Waals surface area contributed by atoms with Gasteiger partial charge in [0.05, 0.1) is 0 Å². The van der Waals surface area contributed by atoms with Crippen molar-refractivity contribution >= 4 is 11.6 Å². The molecule has 1 rings (SSSR count). The number of hydrogen-bond donors (Lipinski definition) is 0. The first-order valence-corrected chi connectivity index (χ1v) is 4.79. The Kier molecular flexibility index (Phi) is 3.16. The molecule has 0 aliphatic heterocycles. The van der Waals surface area contributed by atoms with Gasteiger partial charge >= 0.3 is 0 Å². The molecule has 0 aromatic heterocycles. The van der Waals surface area contributed by atoms with E-state index in [9.17, 15) is 0 Å². The highest BCUT2D eigenvalue weighted by Crippen LogP contribution is 2.23. The number of hydrogen-bond acceptors (Lipinski definition) is 0. The minimum atomic E-state index is 0.161. The molecule has 1 heteroatoms. The zero-order valence-electron chi connectivity index (χ0n) is 8.18. The molecule has 0 amide bonds. The lowest BCUT2D eigenvalue weighted by Gasteiger charge is -2.19. The largest absolute Gasteiger partial charge is 0.103 e. The van der Waals surface area contributed by atoms with E-state index in [2.05, 4.69) is 32.6 Å². The van der Waals surface area contributed by atoms with Crippen LogP contribution in [0.4, 0.5) is 0 Å². The van der Waals surface area contributed by atoms with Crippen molar-refractivity contribution in [3.63, 3.8) is 0 Å². The van der Waals surface area contributed by atoms with Gasteiger partial charge < -0.3 is 0 Å². The molecule has 0 saturated heterocycles. The van der Waals surface area contributed by atoms with Crippen LogP contribution < -0.4 is 0 Å². The molecule has 0 saturated carbocycles. The highest BCUT2D eigenvalue weighted by Gasteiger charge is 2.13. The molecule has 0 aliphatic carbocycles. The third-order valence-corrected chi connectivity index (χ3v) is 2.38. The van der Waals surface area contributed by atoms with Crippen molar-refractivity contribution in [3.8, 4) is 0 Å². The Morgan fingerprint density at radius 1 is 1.31 bits per heavy atom. The Morgan fingerprint density at radius 3 is 2.31 bits per heavy atom. The molecule has 1 aromatic carbocycles. The van der Waals surface area contributed by atoms with Gasteiger partial charge in [0.2, 0.25) is 0 Å². The summed E-state index contributed by atoms with van der Waals surface area (Å²) in [5.41, 5.74) is 1.46. The Balaban J connectivity index is 2.75. The smallest absolute Gasteiger partial charge is 0.0406 e. The lowest BCUT2D eigenvalue weighted by atomic mass is 9.86. The van der Waals surface area contributed by atoms with Gasteiger partial charge in [-0.25, -0.2) is 0 Å². The predicted octanol–water partition coefficient (Wildman–Crippen LogP) is 4.09. The standard InChI is InChI=1S/C12H15Cl/c1-4-12(2,3)9-10-5-7-11(13)8-6-10/h4-8H,1,9H2,2-3H3. The second-order valence-corrected chi connectivity index (χ2v) is 4.43. The second-order valence-electron chi connectivity index (χ2n) is 4.00. The number of allylic oxidation sites excluding steroid dienone is 1. The maximum absolute atomic E-state index is 5.80. The van der Waals surface area contributed by atoms with Gasteiger partial charge in [-0.2, -0.15) is 0 Å². The van der Waals surface area contributed by atoms with Gasteiger partial charge in [0.15, 0.2) is 0 Å². The molecule has 13 heavy (non-hydrogen) atoms. The molecule has 0 radical (unpaired) electrons. The normalized spacial score (nSPS) is 11.3. The van der Waals surface area contributed by atoms with E-state index in [-0.39, 0.29) is 5.41 Å². The van der Waals surface area contributed by atoms with E-state index in [1.54, 1.807) is 0 Å². The summed E-state index contributed by atoms with van der Waals surface area (Å²) < 4.78 is 0. The van der Waals surface area contributed by atoms with Crippen molar-refractivity contribution in [2.75, 3.05) is 0 Å². The maximum Gasteiger partial charge on any atom is 0.0406 e. The molecule has 0 aliphatic rings. The zero-order valence-corrected chi connectivity index (χ0v) is 8.93. The fourth-order valence-electron chi connectivity index (χ4n) is 1.20. The number of benzene rings is 1. The quantitative estimate of drug-likeness (QED) is 0.636. The highest BCUT2D eigenvalue weighted by molar-refractivity contribution is 6.30. The summed E-state index contributed by atoms with van der Waals surface area (Å²) in [6.45, 7) is 8.17. The van der Waals surface area contributed by atoms with Crippen LogP contribution in [0.25, 0.3) is 0 Å². The van der Waals surface area contributed by atoms with Crippen LogP contribution in [0.5, 0.6) is 0 Å². The van der Waals surface area contributed by atoms with Crippen LogP contribution in [-0.2, 0) is 6.42 Å². The van der Waals surface area contributed by atoms with Crippen LogP contribution in [0.3, 0.4) is 0 Å². The maximum atomic E-state index is 5.80. The summed E-state index contributed by atoms with van der Waals surface area (Å²) in [5.74, 6) is 0. The molecular weight excluding hydrogens is 180 g/mol. The van der Waals surface area contributed by atoms with E-state index in [1.165, 1.54) is 5.56 Å². The monoisotopic (exact) mass is 194 g/mol. The molecule has 0 heterocycles. The molecule has 0 spiro atoms. The van der Waals surface area contributed by atoms with Crippen LogP contribution in [0, 0.1) is 5.41 Å². The third-order valence-electron chi connectivity index (χ3n) is 2.13. The summed E-state index contributed by atoms with van der Waals surface area (Å²) in [4.78, 5) is 0. The van der Waals surface area contributed by atoms with Crippen LogP contribution in [0.15, 0.2) is 36.9 Å². The molecule has 70 valence electrons. The summed E-state index contributed by atoms with van der Waals surface area (Å²) in [6, 6.07) is 7.98. The topological polar surface area (TPSA) is 0 Å². The summed E-state index contributed by atoms with van der Waals surface area (Å²) in [7, 11) is 0. The van der Waals surface area contributed by atoms with Gasteiger partial charge in [-0.15, -0.1) is 6.58 Å². The van der Waals surface area contributed by atoms with E-state index < -0.39 is 0 Å². The van der Waals surface area contributed by atoms with E-state index >= 15 is 0 Å². The first-order valence-electron chi connectivity index (χ1n) is 4.41. The SMILES string of the molecule is C=CC(C)(C)Cc1ccc(Cl)cc1. The van der Waals surface area contributed by atoms with Crippen molar-refractivity contribution in [3.05, 3.63) is 47.5 Å². The van der Waals surface area contributed by atoms with E-state index in [0.717, 1.165) is 11.4 Å². The lowest BCUT2D eigenvalue weighted by molar-refractivity contribution is 0.479. The molecule has 0 unspecified atom stereocenters. The van der Waals surface area contributed by atoms with Crippen molar-refractivity contribution in [2.45, 2.75) is 20.3 Å². The second kappa shape index (κ2) is 3.97. The van der Waals surface area contributed by atoms with Crippen LogP contribution in [0.2, 0.25) is 5.02 Å². The van der Waals surface area contributed by atoms with Gasteiger partial charge in [-0.05, 0) is 29.5 Å². The van der Waals surface area contributed by atoms with Crippen molar-refractivity contribution in [1.82, 2.24) is 0 Å². The minimum Gasteiger partial charge on any atom is -0.103 e. The molecule has 1 aromatic rings. The van der Waals surface area contributed by atoms with Gasteiger partial charge in [0.25, 0.3) is 0 Å². The van der Waals surface area contributed by atoms with Gasteiger partial charge in [-0.1, -0.05) is 43.7 Å². The molecular formula is C12H15Cl. The minimum absolute atomic E-state index is 0.161. The average Bonchev–Trinajstić information content (AvgIpc) is 2.09. The first kappa shape index (κ1) is 10.3. The molecule has 0 bridgehead atoms. The van der Waals surface area contributed by atoms with Crippen LogP contribution in [0.1, 0.15) is 19.4 Å². The summed E-state index contributed by atoms with van der Waals surface area (Å²) >= 11 is 5.80. The summed E-state index contributed by atoms with van der Waals surface area (Å²) in [6.07, 6.45) is 3.00. The Labute approximate surface area is 85.2 Å². The zero-order chi connectivity index (χ0) is 9.90.